The first-order valence-corrected chi connectivity index (χ1v) is 4.87. The molecule has 0 heterocycles. The molecule has 2 rings (SSSR count). The summed E-state index contributed by atoms with van der Waals surface area (Å²) >= 11 is 0. The molecule has 0 saturated heterocycles. The maximum Gasteiger partial charge on any atom is 0.204 e. The third-order valence-electron chi connectivity index (χ3n) is 2.88. The standard InChI is InChI=1S/C13H13NO/c1-8-11(9(2)13(15)12(8)14)10-6-4-3-5-7-10/h3-7,11H,2,14H2,1H3. The molecule has 0 saturated carbocycles. The summed E-state index contributed by atoms with van der Waals surface area (Å²) in [4.78, 5) is 11.6. The molecule has 2 nitrogen and oxygen atoms in total. The molecule has 1 aliphatic rings. The first-order chi connectivity index (χ1) is 7.13. The van der Waals surface area contributed by atoms with Gasteiger partial charge in [-0.3, -0.25) is 4.79 Å². The minimum atomic E-state index is -0.110. The zero-order valence-corrected chi connectivity index (χ0v) is 8.66. The molecule has 0 aromatic heterocycles. The van der Waals surface area contributed by atoms with Crippen LogP contribution in [0.5, 0.6) is 0 Å². The van der Waals surface area contributed by atoms with Crippen LogP contribution in [-0.2, 0) is 4.79 Å². The van der Waals surface area contributed by atoms with Gasteiger partial charge in [-0.05, 0) is 18.1 Å². The average molecular weight is 199 g/mol. The number of carbonyl (C=O) groups is 1. The van der Waals surface area contributed by atoms with Gasteiger partial charge in [0.2, 0.25) is 5.78 Å². The van der Waals surface area contributed by atoms with E-state index in [0.29, 0.717) is 11.3 Å². The Morgan fingerprint density at radius 1 is 1.27 bits per heavy atom. The molecular weight excluding hydrogens is 186 g/mol. The second-order valence-corrected chi connectivity index (χ2v) is 3.79. The van der Waals surface area contributed by atoms with Crippen molar-refractivity contribution in [1.29, 1.82) is 0 Å². The Labute approximate surface area is 89.1 Å². The van der Waals surface area contributed by atoms with E-state index < -0.39 is 0 Å². The molecule has 0 radical (unpaired) electrons. The Hall–Kier alpha value is -1.83. The molecule has 76 valence electrons. The molecule has 1 atom stereocenters. The summed E-state index contributed by atoms with van der Waals surface area (Å²) in [6.07, 6.45) is 0. The van der Waals surface area contributed by atoms with Gasteiger partial charge < -0.3 is 5.73 Å². The lowest BCUT2D eigenvalue weighted by Crippen LogP contribution is -2.07. The van der Waals surface area contributed by atoms with Crippen molar-refractivity contribution in [1.82, 2.24) is 0 Å². The number of nitrogens with two attached hydrogens (primary N) is 1. The SMILES string of the molecule is C=C1C(=O)C(N)=C(C)C1c1ccccc1. The lowest BCUT2D eigenvalue weighted by Gasteiger charge is -2.12. The lowest BCUT2D eigenvalue weighted by atomic mass is 9.90. The van der Waals surface area contributed by atoms with Gasteiger partial charge in [-0.15, -0.1) is 0 Å². The number of rotatable bonds is 1. The minimum Gasteiger partial charge on any atom is -0.396 e. The van der Waals surface area contributed by atoms with Gasteiger partial charge in [-0.25, -0.2) is 0 Å². The van der Waals surface area contributed by atoms with Crippen LogP contribution in [0.4, 0.5) is 0 Å². The zero-order valence-electron chi connectivity index (χ0n) is 8.66. The highest BCUT2D eigenvalue weighted by Gasteiger charge is 2.32. The van der Waals surface area contributed by atoms with Crippen molar-refractivity contribution in [2.45, 2.75) is 12.8 Å². The van der Waals surface area contributed by atoms with Crippen molar-refractivity contribution in [3.63, 3.8) is 0 Å². The van der Waals surface area contributed by atoms with Crippen molar-refractivity contribution in [3.8, 4) is 0 Å². The molecule has 15 heavy (non-hydrogen) atoms. The molecular formula is C13H13NO. The lowest BCUT2D eigenvalue weighted by molar-refractivity contribution is -0.112. The zero-order chi connectivity index (χ0) is 11.0. The summed E-state index contributed by atoms with van der Waals surface area (Å²) in [6.45, 7) is 5.71. The van der Waals surface area contributed by atoms with Gasteiger partial charge in [-0.2, -0.15) is 0 Å². The summed E-state index contributed by atoms with van der Waals surface area (Å²) in [5.41, 5.74) is 8.64. The summed E-state index contributed by atoms with van der Waals surface area (Å²) < 4.78 is 0. The maximum absolute atomic E-state index is 11.6. The first kappa shape index (κ1) is 9.71. The highest BCUT2D eigenvalue weighted by atomic mass is 16.1. The second-order valence-electron chi connectivity index (χ2n) is 3.79. The fourth-order valence-electron chi connectivity index (χ4n) is 2.00. The van der Waals surface area contributed by atoms with E-state index in [4.69, 9.17) is 5.73 Å². The van der Waals surface area contributed by atoms with Crippen LogP contribution in [0, 0.1) is 0 Å². The number of ketones is 1. The van der Waals surface area contributed by atoms with Gasteiger partial charge in [-0.1, -0.05) is 36.9 Å². The van der Waals surface area contributed by atoms with Gasteiger partial charge in [0.05, 0.1) is 5.70 Å². The Balaban J connectivity index is 2.49. The van der Waals surface area contributed by atoms with Crippen LogP contribution in [0.2, 0.25) is 0 Å². The molecule has 2 N–H and O–H groups in total. The Morgan fingerprint density at radius 3 is 2.33 bits per heavy atom. The number of Topliss-reactive ketones (excluding diaryl/α,β-unsaturated/α-hetero) is 1. The quantitative estimate of drug-likeness (QED) is 0.704. The molecule has 1 aliphatic carbocycles. The van der Waals surface area contributed by atoms with Crippen LogP contribution in [-0.4, -0.2) is 5.78 Å². The molecule has 0 spiro atoms. The van der Waals surface area contributed by atoms with E-state index in [1.54, 1.807) is 0 Å². The van der Waals surface area contributed by atoms with E-state index in [1.165, 1.54) is 0 Å². The van der Waals surface area contributed by atoms with Crippen molar-refractivity contribution in [2.75, 3.05) is 0 Å². The molecule has 1 unspecified atom stereocenters. The third kappa shape index (κ3) is 1.38. The summed E-state index contributed by atoms with van der Waals surface area (Å²) in [5.74, 6) is -0.139. The predicted octanol–water partition coefficient (Wildman–Crippen LogP) is 2.14. The van der Waals surface area contributed by atoms with E-state index in [2.05, 4.69) is 6.58 Å². The largest absolute Gasteiger partial charge is 0.396 e. The molecule has 0 aliphatic heterocycles. The number of hydrogen-bond donors (Lipinski definition) is 1. The van der Waals surface area contributed by atoms with Gasteiger partial charge in [0.15, 0.2) is 0 Å². The van der Waals surface area contributed by atoms with E-state index in [9.17, 15) is 4.79 Å². The van der Waals surface area contributed by atoms with Crippen LogP contribution in [0.15, 0.2) is 53.8 Å². The Morgan fingerprint density at radius 2 is 1.87 bits per heavy atom. The fraction of sp³-hybridized carbons (Fsp3) is 0.154. The molecule has 1 aromatic rings. The van der Waals surface area contributed by atoms with Crippen LogP contribution in [0.25, 0.3) is 0 Å². The van der Waals surface area contributed by atoms with Crippen molar-refractivity contribution in [2.24, 2.45) is 5.73 Å². The summed E-state index contributed by atoms with van der Waals surface area (Å²) in [7, 11) is 0. The van der Waals surface area contributed by atoms with Gasteiger partial charge in [0.25, 0.3) is 0 Å². The number of allylic oxidation sites excluding steroid dienone is 2. The van der Waals surface area contributed by atoms with E-state index in [0.717, 1.165) is 11.1 Å². The summed E-state index contributed by atoms with van der Waals surface area (Å²) in [5, 5.41) is 0. The van der Waals surface area contributed by atoms with Gasteiger partial charge >= 0.3 is 0 Å². The first-order valence-electron chi connectivity index (χ1n) is 4.87. The molecule has 1 aromatic carbocycles. The van der Waals surface area contributed by atoms with E-state index >= 15 is 0 Å². The normalized spacial score (nSPS) is 21.3. The topological polar surface area (TPSA) is 43.1 Å². The van der Waals surface area contributed by atoms with E-state index in [1.807, 2.05) is 37.3 Å². The van der Waals surface area contributed by atoms with Gasteiger partial charge in [0, 0.05) is 11.5 Å². The van der Waals surface area contributed by atoms with Crippen LogP contribution in [0.3, 0.4) is 0 Å². The number of carbonyl (C=O) groups excluding carboxylic acids is 1. The fourth-order valence-corrected chi connectivity index (χ4v) is 2.00. The molecule has 2 heteroatoms. The Kier molecular flexibility index (Phi) is 2.19. The smallest absolute Gasteiger partial charge is 0.204 e. The van der Waals surface area contributed by atoms with E-state index in [-0.39, 0.29) is 11.7 Å². The maximum atomic E-state index is 11.6. The second kappa shape index (κ2) is 3.39. The highest BCUT2D eigenvalue weighted by Crippen LogP contribution is 2.38. The van der Waals surface area contributed by atoms with Crippen molar-refractivity contribution < 1.29 is 4.79 Å². The molecule has 0 amide bonds. The minimum absolute atomic E-state index is 0.0290. The van der Waals surface area contributed by atoms with Gasteiger partial charge in [0.1, 0.15) is 0 Å². The predicted molar refractivity (Wildman–Crippen MR) is 60.2 cm³/mol. The third-order valence-corrected chi connectivity index (χ3v) is 2.88. The Bertz CT molecular complexity index is 457. The van der Waals surface area contributed by atoms with Crippen molar-refractivity contribution >= 4 is 5.78 Å². The van der Waals surface area contributed by atoms with Crippen molar-refractivity contribution in [3.05, 3.63) is 59.3 Å². The van der Waals surface area contributed by atoms with Crippen LogP contribution in [0.1, 0.15) is 18.4 Å². The van der Waals surface area contributed by atoms with Crippen LogP contribution >= 0.6 is 0 Å². The highest BCUT2D eigenvalue weighted by molar-refractivity contribution is 6.12. The monoisotopic (exact) mass is 199 g/mol. The summed E-state index contributed by atoms with van der Waals surface area (Å²) in [6, 6.07) is 9.84. The molecule has 0 fully saturated rings. The average Bonchev–Trinajstić information content (AvgIpc) is 2.45. The molecule has 0 bridgehead atoms. The van der Waals surface area contributed by atoms with Crippen LogP contribution < -0.4 is 5.73 Å². The number of benzene rings is 1. The number of hydrogen-bond acceptors (Lipinski definition) is 2.